The number of pyridine rings is 1. The fourth-order valence-corrected chi connectivity index (χ4v) is 2.63. The molecule has 0 unspecified atom stereocenters. The van der Waals surface area contributed by atoms with E-state index in [4.69, 9.17) is 16.3 Å². The first kappa shape index (κ1) is 13.7. The highest BCUT2D eigenvalue weighted by molar-refractivity contribution is 6.30. The van der Waals surface area contributed by atoms with Crippen LogP contribution in [0.5, 0.6) is 5.75 Å². The van der Waals surface area contributed by atoms with Gasteiger partial charge in [-0.25, -0.2) is 0 Å². The van der Waals surface area contributed by atoms with E-state index in [1.165, 1.54) is 0 Å². The Bertz CT molecular complexity index is 866. The number of ether oxygens (including phenoxy) is 1. The highest BCUT2D eigenvalue weighted by Gasteiger charge is 2.13. The van der Waals surface area contributed by atoms with Crippen LogP contribution in [0.1, 0.15) is 5.69 Å². The number of fused-ring (bicyclic) bond motifs is 1. The fraction of sp³-hybridized carbons (Fsp3) is 0.118. The van der Waals surface area contributed by atoms with Gasteiger partial charge >= 0.3 is 0 Å². The van der Waals surface area contributed by atoms with Gasteiger partial charge in [0.1, 0.15) is 5.75 Å². The molecule has 0 spiro atoms. The summed E-state index contributed by atoms with van der Waals surface area (Å²) in [5.41, 5.74) is 3.41. The number of aryl methyl sites for hydroxylation is 1. The summed E-state index contributed by atoms with van der Waals surface area (Å²) < 4.78 is 5.46. The molecule has 3 aromatic rings. The highest BCUT2D eigenvalue weighted by Crippen LogP contribution is 2.35. The van der Waals surface area contributed by atoms with Gasteiger partial charge in [0.25, 0.3) is 0 Å². The molecular formula is C17H14ClNO2. The summed E-state index contributed by atoms with van der Waals surface area (Å²) in [4.78, 5) is 15.4. The van der Waals surface area contributed by atoms with Crippen molar-refractivity contribution in [2.45, 2.75) is 6.92 Å². The maximum atomic E-state index is 12.2. The smallest absolute Gasteiger partial charge is 0.189 e. The molecule has 0 bridgehead atoms. The summed E-state index contributed by atoms with van der Waals surface area (Å²) in [6, 6.07) is 12.7. The number of nitrogens with one attached hydrogen (secondary N) is 1. The third kappa shape index (κ3) is 2.41. The number of halogens is 1. The van der Waals surface area contributed by atoms with E-state index in [9.17, 15) is 4.79 Å². The second kappa shape index (κ2) is 5.26. The Labute approximate surface area is 127 Å². The first-order chi connectivity index (χ1) is 10.1. The van der Waals surface area contributed by atoms with Crippen LogP contribution in [0, 0.1) is 6.92 Å². The quantitative estimate of drug-likeness (QED) is 0.772. The zero-order chi connectivity index (χ0) is 15.0. The Hall–Kier alpha value is -2.26. The lowest BCUT2D eigenvalue weighted by Gasteiger charge is -2.13. The fourth-order valence-electron chi connectivity index (χ4n) is 2.50. The van der Waals surface area contributed by atoms with Crippen molar-refractivity contribution in [3.63, 3.8) is 0 Å². The number of benzene rings is 2. The molecule has 106 valence electrons. The van der Waals surface area contributed by atoms with E-state index in [1.807, 2.05) is 37.3 Å². The first-order valence-corrected chi connectivity index (χ1v) is 6.94. The van der Waals surface area contributed by atoms with Crippen molar-refractivity contribution in [3.05, 3.63) is 63.4 Å². The van der Waals surface area contributed by atoms with Crippen LogP contribution < -0.4 is 10.2 Å². The van der Waals surface area contributed by atoms with E-state index in [0.717, 1.165) is 22.3 Å². The van der Waals surface area contributed by atoms with Gasteiger partial charge in [-0.2, -0.15) is 0 Å². The number of hydrogen-bond acceptors (Lipinski definition) is 2. The highest BCUT2D eigenvalue weighted by atomic mass is 35.5. The molecule has 0 saturated heterocycles. The summed E-state index contributed by atoms with van der Waals surface area (Å²) in [6.45, 7) is 1.87. The average Bonchev–Trinajstić information content (AvgIpc) is 2.47. The maximum absolute atomic E-state index is 12.2. The molecule has 1 aromatic heterocycles. The van der Waals surface area contributed by atoms with Gasteiger partial charge in [0.2, 0.25) is 0 Å². The lowest BCUT2D eigenvalue weighted by atomic mass is 10.0. The number of methoxy groups -OCH3 is 1. The molecule has 0 aliphatic rings. The number of H-pyrrole nitrogens is 1. The number of aromatic amines is 1. The Kier molecular flexibility index (Phi) is 3.43. The van der Waals surface area contributed by atoms with Gasteiger partial charge in [-0.3, -0.25) is 4.79 Å². The van der Waals surface area contributed by atoms with E-state index in [0.29, 0.717) is 16.2 Å². The minimum absolute atomic E-state index is 0.000818. The summed E-state index contributed by atoms with van der Waals surface area (Å²) in [7, 11) is 1.62. The lowest BCUT2D eigenvalue weighted by Crippen LogP contribution is -2.04. The van der Waals surface area contributed by atoms with Crippen LogP contribution >= 0.6 is 11.6 Å². The van der Waals surface area contributed by atoms with Crippen molar-refractivity contribution in [2.75, 3.05) is 7.11 Å². The second-order valence-corrected chi connectivity index (χ2v) is 5.33. The summed E-state index contributed by atoms with van der Waals surface area (Å²) in [5.74, 6) is 0.714. The molecule has 1 N–H and O–H groups in total. The second-order valence-electron chi connectivity index (χ2n) is 4.89. The molecule has 0 radical (unpaired) electrons. The number of hydrogen-bond donors (Lipinski definition) is 1. The molecule has 0 atom stereocenters. The molecule has 3 rings (SSSR count). The molecule has 2 aromatic carbocycles. The van der Waals surface area contributed by atoms with Gasteiger partial charge in [-0.05, 0) is 36.8 Å². The van der Waals surface area contributed by atoms with Crippen LogP contribution in [0.4, 0.5) is 0 Å². The minimum Gasteiger partial charge on any atom is -0.496 e. The van der Waals surface area contributed by atoms with Crippen LogP contribution in [0.2, 0.25) is 5.02 Å². The van der Waals surface area contributed by atoms with Crippen molar-refractivity contribution >= 4 is 22.5 Å². The topological polar surface area (TPSA) is 42.1 Å². The van der Waals surface area contributed by atoms with Crippen LogP contribution in [0.3, 0.4) is 0 Å². The van der Waals surface area contributed by atoms with Crippen molar-refractivity contribution in [1.29, 1.82) is 0 Å². The van der Waals surface area contributed by atoms with E-state index < -0.39 is 0 Å². The zero-order valence-electron chi connectivity index (χ0n) is 11.7. The van der Waals surface area contributed by atoms with Gasteiger partial charge in [0, 0.05) is 27.7 Å². The average molecular weight is 300 g/mol. The molecule has 0 saturated carbocycles. The van der Waals surface area contributed by atoms with E-state index in [2.05, 4.69) is 4.98 Å². The monoisotopic (exact) mass is 299 g/mol. The largest absolute Gasteiger partial charge is 0.496 e. The first-order valence-electron chi connectivity index (χ1n) is 6.56. The predicted molar refractivity (Wildman–Crippen MR) is 86.3 cm³/mol. The van der Waals surface area contributed by atoms with Crippen molar-refractivity contribution in [2.24, 2.45) is 0 Å². The van der Waals surface area contributed by atoms with E-state index in [1.54, 1.807) is 19.2 Å². The molecular weight excluding hydrogens is 286 g/mol. The van der Waals surface area contributed by atoms with Crippen molar-refractivity contribution < 1.29 is 4.74 Å². The number of aromatic nitrogens is 1. The van der Waals surface area contributed by atoms with Crippen LogP contribution in [-0.4, -0.2) is 12.1 Å². The molecule has 3 nitrogen and oxygen atoms in total. The molecule has 21 heavy (non-hydrogen) atoms. The normalized spacial score (nSPS) is 10.8. The van der Waals surface area contributed by atoms with Gasteiger partial charge in [0.15, 0.2) is 5.43 Å². The van der Waals surface area contributed by atoms with Crippen molar-refractivity contribution in [3.8, 4) is 16.9 Å². The standard InChI is InChI=1S/C17H14ClNO2/c1-10-9-14(20)13-7-8-15(21-2)16(17(13)19-10)11-3-5-12(18)6-4-11/h3-9H,1-2H3,(H,19,20). The van der Waals surface area contributed by atoms with Crippen LogP contribution in [0.25, 0.3) is 22.0 Å². The van der Waals surface area contributed by atoms with E-state index >= 15 is 0 Å². The van der Waals surface area contributed by atoms with Gasteiger partial charge < -0.3 is 9.72 Å². The summed E-state index contributed by atoms with van der Waals surface area (Å²) in [5, 5.41) is 1.31. The van der Waals surface area contributed by atoms with E-state index in [-0.39, 0.29) is 5.43 Å². The van der Waals surface area contributed by atoms with Crippen LogP contribution in [-0.2, 0) is 0 Å². The zero-order valence-corrected chi connectivity index (χ0v) is 12.5. The summed E-state index contributed by atoms with van der Waals surface area (Å²) >= 11 is 5.95. The minimum atomic E-state index is -0.000818. The number of rotatable bonds is 2. The SMILES string of the molecule is COc1ccc2c(=O)cc(C)[nH]c2c1-c1ccc(Cl)cc1. The summed E-state index contributed by atoms with van der Waals surface area (Å²) in [6.07, 6.45) is 0. The molecule has 0 fully saturated rings. The third-order valence-electron chi connectivity index (χ3n) is 3.46. The lowest BCUT2D eigenvalue weighted by molar-refractivity contribution is 0.417. The maximum Gasteiger partial charge on any atom is 0.189 e. The van der Waals surface area contributed by atoms with Crippen molar-refractivity contribution in [1.82, 2.24) is 4.98 Å². The molecule has 1 heterocycles. The Balaban J connectivity index is 2.43. The molecule has 0 aliphatic heterocycles. The molecule has 4 heteroatoms. The van der Waals surface area contributed by atoms with Gasteiger partial charge in [0.05, 0.1) is 12.6 Å². The van der Waals surface area contributed by atoms with Gasteiger partial charge in [-0.15, -0.1) is 0 Å². The van der Waals surface area contributed by atoms with Crippen LogP contribution in [0.15, 0.2) is 47.3 Å². The Morgan fingerprint density at radius 2 is 1.81 bits per heavy atom. The van der Waals surface area contributed by atoms with Gasteiger partial charge in [-0.1, -0.05) is 23.7 Å². The molecule has 0 amide bonds. The third-order valence-corrected chi connectivity index (χ3v) is 3.71. The Morgan fingerprint density at radius 3 is 2.48 bits per heavy atom. The predicted octanol–water partition coefficient (Wildman–Crippen LogP) is 4.17. The Morgan fingerprint density at radius 1 is 1.10 bits per heavy atom. The molecule has 0 aliphatic carbocycles.